The molecule has 0 fully saturated rings. The van der Waals surface area contributed by atoms with Gasteiger partial charge in [0.15, 0.2) is 0 Å². The molecule has 0 saturated carbocycles. The molecule has 240 valence electrons. The van der Waals surface area contributed by atoms with Crippen LogP contribution >= 0.6 is 11.8 Å². The van der Waals surface area contributed by atoms with Crippen LogP contribution in [0.2, 0.25) is 0 Å². The first-order chi connectivity index (χ1) is 22.4. The molecular weight excluding hydrogens is 603 g/mol. The molecule has 0 aliphatic heterocycles. The van der Waals surface area contributed by atoms with E-state index in [1.807, 2.05) is 49.5 Å². The van der Waals surface area contributed by atoms with Crippen molar-refractivity contribution >= 4 is 39.5 Å². The molecule has 0 atom stereocenters. The lowest BCUT2D eigenvalue weighted by atomic mass is 9.88. The van der Waals surface area contributed by atoms with E-state index >= 15 is 0 Å². The summed E-state index contributed by atoms with van der Waals surface area (Å²) in [5.74, 6) is -0.0651. The molecule has 0 aliphatic rings. The Labute approximate surface area is 280 Å². The lowest BCUT2D eigenvalue weighted by Gasteiger charge is -2.24. The van der Waals surface area contributed by atoms with Crippen molar-refractivity contribution in [2.24, 2.45) is 5.41 Å². The first-order valence-corrected chi connectivity index (χ1v) is 16.8. The number of carboxylic acid groups (broad SMARTS) is 1. The highest BCUT2D eigenvalue weighted by molar-refractivity contribution is 8.00. The molecule has 0 saturated heterocycles. The van der Waals surface area contributed by atoms with Crippen molar-refractivity contribution in [3.63, 3.8) is 0 Å². The molecule has 3 heterocycles. The van der Waals surface area contributed by atoms with Gasteiger partial charge in [-0.1, -0.05) is 75.4 Å². The average Bonchev–Trinajstić information content (AvgIpc) is 3.29. The van der Waals surface area contributed by atoms with Gasteiger partial charge in [-0.2, -0.15) is 0 Å². The normalized spacial score (nSPS) is 12.1. The Kier molecular flexibility index (Phi) is 8.86. The van der Waals surface area contributed by atoms with E-state index < -0.39 is 11.4 Å². The number of pyridine rings is 2. The zero-order valence-corrected chi connectivity index (χ0v) is 28.7. The smallest absolute Gasteiger partial charge is 0.309 e. The topological polar surface area (TPSA) is 77.2 Å². The van der Waals surface area contributed by atoms with Crippen molar-refractivity contribution in [2.75, 3.05) is 0 Å². The third-order valence-corrected chi connectivity index (χ3v) is 9.62. The Morgan fingerprint density at radius 3 is 2.40 bits per heavy atom. The number of carboxylic acids is 1. The summed E-state index contributed by atoms with van der Waals surface area (Å²) in [6, 6.07) is 31.0. The number of aromatic nitrogens is 3. The number of para-hydroxylation sites is 1. The molecule has 0 unspecified atom stereocenters. The maximum atomic E-state index is 12.4. The molecule has 0 spiro atoms. The fourth-order valence-corrected chi connectivity index (χ4v) is 7.01. The highest BCUT2D eigenvalue weighted by Crippen LogP contribution is 2.44. The van der Waals surface area contributed by atoms with E-state index in [1.165, 1.54) is 0 Å². The Morgan fingerprint density at radius 2 is 1.68 bits per heavy atom. The number of rotatable bonds is 10. The summed E-state index contributed by atoms with van der Waals surface area (Å²) in [5, 5.41) is 12.3. The molecule has 6 nitrogen and oxygen atoms in total. The predicted molar refractivity (Wildman–Crippen MR) is 192 cm³/mol. The third kappa shape index (κ3) is 7.20. The van der Waals surface area contributed by atoms with Crippen LogP contribution in [-0.4, -0.2) is 30.4 Å². The minimum atomic E-state index is -0.956. The number of aryl methyl sites for hydroxylation is 1. The maximum absolute atomic E-state index is 12.4. The van der Waals surface area contributed by atoms with Crippen molar-refractivity contribution < 1.29 is 14.6 Å². The van der Waals surface area contributed by atoms with E-state index in [9.17, 15) is 9.90 Å². The van der Waals surface area contributed by atoms with Crippen LogP contribution in [0.15, 0.2) is 102 Å². The quantitative estimate of drug-likeness (QED) is 0.150. The summed E-state index contributed by atoms with van der Waals surface area (Å²) in [6.45, 7) is 13.2. The Hall–Kier alpha value is -4.62. The number of benzene rings is 3. The van der Waals surface area contributed by atoms with E-state index in [2.05, 4.69) is 84.9 Å². The Morgan fingerprint density at radius 1 is 0.915 bits per heavy atom. The average molecular weight is 644 g/mol. The second kappa shape index (κ2) is 12.9. The molecular formula is C40H41N3O3S. The highest BCUT2D eigenvalue weighted by atomic mass is 32.2. The largest absolute Gasteiger partial charge is 0.487 e. The predicted octanol–water partition coefficient (Wildman–Crippen LogP) is 9.73. The van der Waals surface area contributed by atoms with Gasteiger partial charge < -0.3 is 14.4 Å². The maximum Gasteiger partial charge on any atom is 0.309 e. The molecule has 0 aliphatic carbocycles. The van der Waals surface area contributed by atoms with Gasteiger partial charge in [0.1, 0.15) is 12.4 Å². The summed E-state index contributed by atoms with van der Waals surface area (Å²) in [5.41, 5.74) is 7.29. The number of hydrogen-bond donors (Lipinski definition) is 1. The number of fused-ring (bicyclic) bond motifs is 2. The lowest BCUT2D eigenvalue weighted by Crippen LogP contribution is -2.28. The summed E-state index contributed by atoms with van der Waals surface area (Å²) >= 11 is 1.78. The van der Waals surface area contributed by atoms with Crippen LogP contribution in [-0.2, 0) is 24.4 Å². The molecule has 1 N–H and O–H groups in total. The van der Waals surface area contributed by atoms with Gasteiger partial charge >= 0.3 is 5.97 Å². The molecule has 47 heavy (non-hydrogen) atoms. The van der Waals surface area contributed by atoms with Gasteiger partial charge in [-0.05, 0) is 68.3 Å². The zero-order valence-electron chi connectivity index (χ0n) is 27.9. The minimum absolute atomic E-state index is 0.101. The summed E-state index contributed by atoms with van der Waals surface area (Å²) in [4.78, 5) is 22.7. The minimum Gasteiger partial charge on any atom is -0.487 e. The zero-order chi connectivity index (χ0) is 33.3. The van der Waals surface area contributed by atoms with Crippen molar-refractivity contribution in [1.29, 1.82) is 0 Å². The monoisotopic (exact) mass is 643 g/mol. The molecule has 0 amide bonds. The van der Waals surface area contributed by atoms with Crippen molar-refractivity contribution in [3.05, 3.63) is 120 Å². The van der Waals surface area contributed by atoms with E-state index in [1.54, 1.807) is 25.6 Å². The van der Waals surface area contributed by atoms with E-state index in [0.717, 1.165) is 66.2 Å². The first kappa shape index (κ1) is 32.3. The fraction of sp³-hybridized carbons (Fsp3) is 0.275. The van der Waals surface area contributed by atoms with Gasteiger partial charge in [-0.3, -0.25) is 9.78 Å². The third-order valence-electron chi connectivity index (χ3n) is 8.34. The van der Waals surface area contributed by atoms with Gasteiger partial charge in [-0.15, -0.1) is 11.8 Å². The van der Waals surface area contributed by atoms with Crippen LogP contribution in [0.5, 0.6) is 5.75 Å². The molecule has 3 aromatic carbocycles. The first-order valence-electron chi connectivity index (χ1n) is 15.9. The second-order valence-corrected chi connectivity index (χ2v) is 15.6. The molecule has 0 bridgehead atoms. The number of thioether (sulfide) groups is 1. The van der Waals surface area contributed by atoms with Gasteiger partial charge in [0.05, 0.1) is 16.6 Å². The van der Waals surface area contributed by atoms with Gasteiger partial charge in [0.2, 0.25) is 0 Å². The molecule has 7 heteroatoms. The fourth-order valence-electron chi connectivity index (χ4n) is 5.82. The molecule has 6 rings (SSSR count). The second-order valence-electron chi connectivity index (χ2n) is 13.7. The van der Waals surface area contributed by atoms with Crippen LogP contribution < -0.4 is 4.74 Å². The van der Waals surface area contributed by atoms with Crippen molar-refractivity contribution in [1.82, 2.24) is 14.5 Å². The van der Waals surface area contributed by atoms with Crippen LogP contribution in [0, 0.1) is 12.3 Å². The van der Waals surface area contributed by atoms with Gasteiger partial charge in [0, 0.05) is 62.0 Å². The molecule has 6 aromatic rings. The number of aliphatic carboxylic acids is 1. The Bertz CT molecular complexity index is 2070. The SMILES string of the molecule is Cc1ncccc1-c1ccc(Cn2c(CC(C)(C)C(=O)O)c(SC(C)(C)C)c3cc(OCc4ccc5ccccc5n4)ccc32)cc1. The van der Waals surface area contributed by atoms with Crippen molar-refractivity contribution in [2.45, 2.75) is 70.8 Å². The number of hydrogen-bond acceptors (Lipinski definition) is 5. The van der Waals surface area contributed by atoms with Crippen LogP contribution in [0.25, 0.3) is 32.9 Å². The van der Waals surface area contributed by atoms with Crippen LogP contribution in [0.1, 0.15) is 57.3 Å². The number of carbonyl (C=O) groups is 1. The summed E-state index contributed by atoms with van der Waals surface area (Å²) < 4.78 is 8.52. The van der Waals surface area contributed by atoms with Crippen molar-refractivity contribution in [3.8, 4) is 16.9 Å². The van der Waals surface area contributed by atoms with E-state index in [0.29, 0.717) is 19.6 Å². The van der Waals surface area contributed by atoms with Gasteiger partial charge in [0.25, 0.3) is 0 Å². The summed E-state index contributed by atoms with van der Waals surface area (Å²) in [7, 11) is 0. The number of ether oxygens (including phenoxy) is 1. The van der Waals surface area contributed by atoms with Crippen LogP contribution in [0.4, 0.5) is 0 Å². The lowest BCUT2D eigenvalue weighted by molar-refractivity contribution is -0.146. The van der Waals surface area contributed by atoms with Gasteiger partial charge in [-0.25, -0.2) is 4.98 Å². The van der Waals surface area contributed by atoms with Crippen LogP contribution in [0.3, 0.4) is 0 Å². The van der Waals surface area contributed by atoms with E-state index in [4.69, 9.17) is 9.72 Å². The van der Waals surface area contributed by atoms with E-state index in [-0.39, 0.29) is 4.75 Å². The molecule has 3 aromatic heterocycles. The Balaban J connectivity index is 1.40. The number of nitrogens with zero attached hydrogens (tertiary/aromatic N) is 3. The highest BCUT2D eigenvalue weighted by Gasteiger charge is 2.33. The summed E-state index contributed by atoms with van der Waals surface area (Å²) in [6.07, 6.45) is 2.20. The molecule has 0 radical (unpaired) electrons. The standard InChI is InChI=1S/C40H41N3O3S/c1-26-32(11-9-21-41-26)28-15-13-27(14-16-28)24-43-35-20-19-31(46-25-30-18-17-29-10-7-8-12-34(29)42-30)22-33(35)37(47-39(2,3)4)36(43)23-40(5,6)38(44)45/h7-22H,23-25H2,1-6H3,(H,44,45).